The molecule has 3 heterocycles. The molecule has 3 aromatic rings. The van der Waals surface area contributed by atoms with E-state index in [1.807, 2.05) is 42.6 Å². The number of hydrogen-bond donors (Lipinski definition) is 0. The van der Waals surface area contributed by atoms with Crippen LogP contribution in [0.25, 0.3) is 10.4 Å². The smallest absolute Gasteiger partial charge is 0.246 e. The van der Waals surface area contributed by atoms with Crippen molar-refractivity contribution in [2.75, 3.05) is 20.1 Å². The first-order valence-electron chi connectivity index (χ1n) is 9.82. The number of thiophene rings is 1. The fourth-order valence-corrected chi connectivity index (χ4v) is 5.89. The van der Waals surface area contributed by atoms with Crippen LogP contribution in [0, 0.1) is 0 Å². The van der Waals surface area contributed by atoms with Crippen LogP contribution in [0.2, 0.25) is 0 Å². The van der Waals surface area contributed by atoms with Gasteiger partial charge in [0.15, 0.2) is 0 Å². The first kappa shape index (κ1) is 20.8. The number of sulfonamides is 1. The maximum Gasteiger partial charge on any atom is 0.246 e. The summed E-state index contributed by atoms with van der Waals surface area (Å²) in [7, 11) is -2.10. The third-order valence-electron chi connectivity index (χ3n) is 5.39. The molecule has 0 saturated carbocycles. The number of aromatic nitrogens is 2. The Bertz CT molecular complexity index is 1120. The maximum atomic E-state index is 13.3. The van der Waals surface area contributed by atoms with E-state index in [0.29, 0.717) is 19.5 Å². The maximum absolute atomic E-state index is 13.3. The molecule has 2 aromatic heterocycles. The molecule has 4 rings (SSSR count). The van der Waals surface area contributed by atoms with Gasteiger partial charge in [0, 0.05) is 37.8 Å². The molecular weight excluding hydrogens is 420 g/mol. The molecule has 0 N–H and O–H groups in total. The SMILES string of the molecule is CCn1cc(S(=O)(=O)N2CCN(C)C(=O)[C@@H]2Cc2ccc(-c3cccs3)cc2)cn1. The molecule has 1 saturated heterocycles. The largest absolute Gasteiger partial charge is 0.343 e. The van der Waals surface area contributed by atoms with E-state index in [1.54, 1.807) is 28.0 Å². The van der Waals surface area contributed by atoms with Crippen LogP contribution < -0.4 is 0 Å². The van der Waals surface area contributed by atoms with Gasteiger partial charge in [0.05, 0.1) is 6.20 Å². The van der Waals surface area contributed by atoms with Crippen molar-refractivity contribution in [3.05, 3.63) is 59.7 Å². The van der Waals surface area contributed by atoms with Crippen molar-refractivity contribution >= 4 is 27.3 Å². The lowest BCUT2D eigenvalue weighted by Crippen LogP contribution is -2.58. The van der Waals surface area contributed by atoms with E-state index in [4.69, 9.17) is 0 Å². The quantitative estimate of drug-likeness (QED) is 0.586. The van der Waals surface area contributed by atoms with Gasteiger partial charge in [0.1, 0.15) is 10.9 Å². The Morgan fingerprint density at radius 1 is 1.17 bits per heavy atom. The summed E-state index contributed by atoms with van der Waals surface area (Å²) in [6.07, 6.45) is 3.20. The Balaban J connectivity index is 1.61. The number of nitrogens with zero attached hydrogens (tertiary/aromatic N) is 4. The molecule has 1 amide bonds. The molecule has 158 valence electrons. The zero-order valence-electron chi connectivity index (χ0n) is 16.9. The topological polar surface area (TPSA) is 75.5 Å². The van der Waals surface area contributed by atoms with Gasteiger partial charge in [0.2, 0.25) is 15.9 Å². The number of hydrogen-bond acceptors (Lipinski definition) is 5. The van der Waals surface area contributed by atoms with Crippen LogP contribution in [-0.2, 0) is 27.8 Å². The minimum atomic E-state index is -3.82. The molecule has 7 nitrogen and oxygen atoms in total. The summed E-state index contributed by atoms with van der Waals surface area (Å²) < 4.78 is 29.5. The monoisotopic (exact) mass is 444 g/mol. The number of rotatable bonds is 6. The van der Waals surface area contributed by atoms with E-state index in [1.165, 1.54) is 21.6 Å². The van der Waals surface area contributed by atoms with Gasteiger partial charge in [-0.3, -0.25) is 9.48 Å². The Hall–Kier alpha value is -2.49. The predicted molar refractivity (Wildman–Crippen MR) is 117 cm³/mol. The zero-order valence-corrected chi connectivity index (χ0v) is 18.6. The van der Waals surface area contributed by atoms with Crippen molar-refractivity contribution in [1.29, 1.82) is 0 Å². The number of carbonyl (C=O) groups is 1. The zero-order chi connectivity index (χ0) is 21.3. The fourth-order valence-electron chi connectivity index (χ4n) is 3.63. The van der Waals surface area contributed by atoms with Gasteiger partial charge in [-0.05, 0) is 35.9 Å². The second kappa shape index (κ2) is 8.33. The Morgan fingerprint density at radius 2 is 1.93 bits per heavy atom. The molecule has 1 aliphatic heterocycles. The average Bonchev–Trinajstić information content (AvgIpc) is 3.44. The van der Waals surface area contributed by atoms with Crippen molar-refractivity contribution in [1.82, 2.24) is 19.0 Å². The third-order valence-corrected chi connectivity index (χ3v) is 8.17. The highest BCUT2D eigenvalue weighted by Crippen LogP contribution is 2.27. The van der Waals surface area contributed by atoms with Gasteiger partial charge in [-0.1, -0.05) is 30.3 Å². The molecule has 1 atom stereocenters. The Labute approximate surface area is 180 Å². The van der Waals surface area contributed by atoms with Gasteiger partial charge in [-0.25, -0.2) is 8.42 Å². The summed E-state index contributed by atoms with van der Waals surface area (Å²) >= 11 is 1.67. The molecule has 0 spiro atoms. The number of benzene rings is 1. The Morgan fingerprint density at radius 3 is 2.57 bits per heavy atom. The van der Waals surface area contributed by atoms with Crippen LogP contribution in [0.4, 0.5) is 0 Å². The van der Waals surface area contributed by atoms with Crippen LogP contribution in [0.5, 0.6) is 0 Å². The summed E-state index contributed by atoms with van der Waals surface area (Å²) in [4.78, 5) is 15.8. The minimum Gasteiger partial charge on any atom is -0.343 e. The van der Waals surface area contributed by atoms with Crippen LogP contribution in [0.3, 0.4) is 0 Å². The standard InChI is InChI=1S/C21H24N4O3S2/c1-3-24-15-18(14-22-24)30(27,28)25-11-10-23(2)21(26)19(25)13-16-6-8-17(9-7-16)20-5-4-12-29-20/h4-9,12,14-15,19H,3,10-11,13H2,1-2H3/t19-/m0/s1. The number of aryl methyl sites for hydroxylation is 1. The molecule has 30 heavy (non-hydrogen) atoms. The third kappa shape index (κ3) is 3.92. The highest BCUT2D eigenvalue weighted by molar-refractivity contribution is 7.89. The van der Waals surface area contributed by atoms with Crippen molar-refractivity contribution in [2.45, 2.75) is 30.8 Å². The first-order valence-corrected chi connectivity index (χ1v) is 12.1. The molecule has 1 aromatic carbocycles. The Kier molecular flexibility index (Phi) is 5.77. The summed E-state index contributed by atoms with van der Waals surface area (Å²) in [6.45, 7) is 3.11. The summed E-state index contributed by atoms with van der Waals surface area (Å²) in [6, 6.07) is 11.3. The molecule has 1 fully saturated rings. The number of amides is 1. The highest BCUT2D eigenvalue weighted by Gasteiger charge is 2.41. The minimum absolute atomic E-state index is 0.125. The molecule has 0 radical (unpaired) electrons. The average molecular weight is 445 g/mol. The van der Waals surface area contributed by atoms with Crippen molar-refractivity contribution in [3.8, 4) is 10.4 Å². The number of piperazine rings is 1. The van der Waals surface area contributed by atoms with Gasteiger partial charge in [-0.2, -0.15) is 9.40 Å². The van der Waals surface area contributed by atoms with E-state index in [9.17, 15) is 13.2 Å². The molecule has 0 aliphatic carbocycles. The normalized spacial score (nSPS) is 18.1. The van der Waals surface area contributed by atoms with Crippen LogP contribution in [0.1, 0.15) is 12.5 Å². The summed E-state index contributed by atoms with van der Waals surface area (Å²) in [5.41, 5.74) is 2.03. The van der Waals surface area contributed by atoms with Gasteiger partial charge < -0.3 is 4.90 Å². The van der Waals surface area contributed by atoms with E-state index < -0.39 is 16.1 Å². The second-order valence-corrected chi connectivity index (χ2v) is 10.1. The second-order valence-electron chi connectivity index (χ2n) is 7.30. The summed E-state index contributed by atoms with van der Waals surface area (Å²) in [5.74, 6) is -0.185. The number of likely N-dealkylation sites (N-methyl/N-ethyl adjacent to an activating group) is 1. The summed E-state index contributed by atoms with van der Waals surface area (Å²) in [5, 5.41) is 6.12. The first-order chi connectivity index (χ1) is 14.4. The van der Waals surface area contributed by atoms with E-state index >= 15 is 0 Å². The van der Waals surface area contributed by atoms with E-state index in [0.717, 1.165) is 11.1 Å². The molecule has 0 unspecified atom stereocenters. The lowest BCUT2D eigenvalue weighted by atomic mass is 10.0. The predicted octanol–water partition coefficient (Wildman–Crippen LogP) is 2.71. The number of carbonyl (C=O) groups excluding carboxylic acids is 1. The van der Waals surface area contributed by atoms with Crippen LogP contribution in [0.15, 0.2) is 59.1 Å². The van der Waals surface area contributed by atoms with Gasteiger partial charge in [-0.15, -0.1) is 11.3 Å². The fraction of sp³-hybridized carbons (Fsp3) is 0.333. The van der Waals surface area contributed by atoms with Crippen LogP contribution >= 0.6 is 11.3 Å². The lowest BCUT2D eigenvalue weighted by Gasteiger charge is -2.38. The van der Waals surface area contributed by atoms with Crippen molar-refractivity contribution in [3.63, 3.8) is 0 Å². The molecule has 9 heteroatoms. The van der Waals surface area contributed by atoms with E-state index in [-0.39, 0.29) is 17.3 Å². The molecule has 1 aliphatic rings. The lowest BCUT2D eigenvalue weighted by molar-refractivity contribution is -0.137. The van der Waals surface area contributed by atoms with Gasteiger partial charge in [0.25, 0.3) is 0 Å². The van der Waals surface area contributed by atoms with Gasteiger partial charge >= 0.3 is 0 Å². The molecular formula is C21H24N4O3S2. The van der Waals surface area contributed by atoms with Crippen molar-refractivity contribution < 1.29 is 13.2 Å². The van der Waals surface area contributed by atoms with Crippen molar-refractivity contribution in [2.24, 2.45) is 0 Å². The highest BCUT2D eigenvalue weighted by atomic mass is 32.2. The van der Waals surface area contributed by atoms with Crippen LogP contribution in [-0.4, -0.2) is 59.5 Å². The molecule has 0 bridgehead atoms. The van der Waals surface area contributed by atoms with E-state index in [2.05, 4.69) is 11.2 Å².